The van der Waals surface area contributed by atoms with E-state index in [1.807, 2.05) is 18.2 Å². The summed E-state index contributed by atoms with van der Waals surface area (Å²) in [5, 5.41) is 10.9. The van der Waals surface area contributed by atoms with Crippen LogP contribution in [0.2, 0.25) is 0 Å². The van der Waals surface area contributed by atoms with Crippen molar-refractivity contribution in [2.75, 3.05) is 0 Å². The average Bonchev–Trinajstić information content (AvgIpc) is 2.18. The zero-order valence-electron chi connectivity index (χ0n) is 11.9. The highest BCUT2D eigenvalue weighted by molar-refractivity contribution is 9.10. The second-order valence-electron chi connectivity index (χ2n) is 6.19. The highest BCUT2D eigenvalue weighted by Crippen LogP contribution is 2.31. The lowest BCUT2D eigenvalue weighted by Crippen LogP contribution is -2.35. The number of halogens is 1. The Morgan fingerprint density at radius 2 is 1.56 bits per heavy atom. The molecule has 102 valence electrons. The van der Waals surface area contributed by atoms with Gasteiger partial charge >= 0.3 is 0 Å². The van der Waals surface area contributed by atoms with Crippen molar-refractivity contribution in [3.05, 3.63) is 34.3 Å². The van der Waals surface area contributed by atoms with Gasteiger partial charge < -0.3 is 5.11 Å². The van der Waals surface area contributed by atoms with E-state index in [1.165, 1.54) is 5.56 Å². The van der Waals surface area contributed by atoms with Crippen LogP contribution in [0.5, 0.6) is 0 Å². The monoisotopic (exact) mass is 312 g/mol. The maximum Gasteiger partial charge on any atom is 0.0693 e. The van der Waals surface area contributed by atoms with E-state index in [-0.39, 0.29) is 0 Å². The first-order valence-electron chi connectivity index (χ1n) is 6.78. The summed E-state index contributed by atoms with van der Waals surface area (Å²) in [7, 11) is 0. The van der Waals surface area contributed by atoms with E-state index in [9.17, 15) is 5.11 Å². The minimum atomic E-state index is -0.591. The molecule has 0 aliphatic carbocycles. The molecule has 0 aliphatic heterocycles. The number of hydrogen-bond acceptors (Lipinski definition) is 1. The van der Waals surface area contributed by atoms with Crippen molar-refractivity contribution in [2.24, 2.45) is 11.8 Å². The Kier molecular flexibility index (Phi) is 5.87. The summed E-state index contributed by atoms with van der Waals surface area (Å²) < 4.78 is 1.09. The van der Waals surface area contributed by atoms with Gasteiger partial charge in [-0.25, -0.2) is 0 Å². The average molecular weight is 313 g/mol. The molecule has 18 heavy (non-hydrogen) atoms. The largest absolute Gasteiger partial charge is 0.390 e. The minimum Gasteiger partial charge on any atom is -0.390 e. The van der Waals surface area contributed by atoms with E-state index >= 15 is 0 Å². The Morgan fingerprint density at radius 3 is 2.00 bits per heavy atom. The highest BCUT2D eigenvalue weighted by atomic mass is 79.9. The van der Waals surface area contributed by atoms with E-state index < -0.39 is 5.60 Å². The first kappa shape index (κ1) is 15.7. The van der Waals surface area contributed by atoms with Gasteiger partial charge in [0.05, 0.1) is 5.60 Å². The molecule has 2 heteroatoms. The van der Waals surface area contributed by atoms with Crippen LogP contribution >= 0.6 is 15.9 Å². The summed E-state index contributed by atoms with van der Waals surface area (Å²) in [4.78, 5) is 0. The van der Waals surface area contributed by atoms with Gasteiger partial charge in [0, 0.05) is 10.9 Å². The van der Waals surface area contributed by atoms with Crippen LogP contribution < -0.4 is 0 Å². The SMILES string of the molecule is CC(C)CC(O)(Cc1ccccc1Br)CC(C)C. The molecular weight excluding hydrogens is 288 g/mol. The Bertz CT molecular complexity index is 361. The second-order valence-corrected chi connectivity index (χ2v) is 7.04. The molecule has 0 spiro atoms. The van der Waals surface area contributed by atoms with Gasteiger partial charge in [-0.15, -0.1) is 0 Å². The van der Waals surface area contributed by atoms with Crippen molar-refractivity contribution < 1.29 is 5.11 Å². The molecule has 1 aromatic carbocycles. The van der Waals surface area contributed by atoms with Crippen LogP contribution in [0.3, 0.4) is 0 Å². The van der Waals surface area contributed by atoms with Crippen molar-refractivity contribution in [1.29, 1.82) is 0 Å². The fourth-order valence-electron chi connectivity index (χ4n) is 2.74. The third kappa shape index (κ3) is 5.11. The third-order valence-electron chi connectivity index (χ3n) is 3.05. The molecule has 1 nitrogen and oxygen atoms in total. The molecule has 0 bridgehead atoms. The summed E-state index contributed by atoms with van der Waals surface area (Å²) in [5.74, 6) is 1.02. The second kappa shape index (κ2) is 6.72. The van der Waals surface area contributed by atoms with Crippen LogP contribution in [-0.2, 0) is 6.42 Å². The van der Waals surface area contributed by atoms with Crippen LogP contribution in [0.25, 0.3) is 0 Å². The van der Waals surface area contributed by atoms with Crippen LogP contribution in [0.4, 0.5) is 0 Å². The zero-order chi connectivity index (χ0) is 13.8. The highest BCUT2D eigenvalue weighted by Gasteiger charge is 2.29. The molecule has 0 saturated carbocycles. The van der Waals surface area contributed by atoms with Gasteiger partial charge in [0.2, 0.25) is 0 Å². The lowest BCUT2D eigenvalue weighted by atomic mass is 9.80. The van der Waals surface area contributed by atoms with Gasteiger partial charge in [0.15, 0.2) is 0 Å². The molecule has 0 fully saturated rings. The molecular formula is C16H25BrO. The van der Waals surface area contributed by atoms with Crippen LogP contribution in [0, 0.1) is 11.8 Å². The maximum atomic E-state index is 10.9. The number of hydrogen-bond donors (Lipinski definition) is 1. The smallest absolute Gasteiger partial charge is 0.0693 e. The van der Waals surface area contributed by atoms with Crippen LogP contribution in [-0.4, -0.2) is 10.7 Å². The first-order chi connectivity index (χ1) is 8.32. The fraction of sp³-hybridized carbons (Fsp3) is 0.625. The van der Waals surface area contributed by atoms with Gasteiger partial charge in [-0.05, 0) is 36.3 Å². The molecule has 0 aliphatic rings. The molecule has 0 aromatic heterocycles. The molecule has 1 N–H and O–H groups in total. The van der Waals surface area contributed by atoms with Gasteiger partial charge in [-0.2, -0.15) is 0 Å². The normalized spacial score (nSPS) is 12.4. The predicted octanol–water partition coefficient (Wildman–Crippen LogP) is 4.81. The molecule has 0 atom stereocenters. The van der Waals surface area contributed by atoms with Crippen LogP contribution in [0.15, 0.2) is 28.7 Å². The Hall–Kier alpha value is -0.340. The lowest BCUT2D eigenvalue weighted by molar-refractivity contribution is 0.000611. The van der Waals surface area contributed by atoms with E-state index in [0.717, 1.165) is 23.7 Å². The lowest BCUT2D eigenvalue weighted by Gasteiger charge is -2.32. The third-order valence-corrected chi connectivity index (χ3v) is 3.83. The summed E-state index contributed by atoms with van der Waals surface area (Å²) >= 11 is 3.57. The molecule has 0 heterocycles. The van der Waals surface area contributed by atoms with Crippen molar-refractivity contribution in [1.82, 2.24) is 0 Å². The van der Waals surface area contributed by atoms with Crippen molar-refractivity contribution in [3.8, 4) is 0 Å². The Labute approximate surface area is 120 Å². The van der Waals surface area contributed by atoms with Gasteiger partial charge in [-0.3, -0.25) is 0 Å². The summed E-state index contributed by atoms with van der Waals surface area (Å²) in [6, 6.07) is 8.18. The topological polar surface area (TPSA) is 20.2 Å². The van der Waals surface area contributed by atoms with Gasteiger partial charge in [0.25, 0.3) is 0 Å². The zero-order valence-corrected chi connectivity index (χ0v) is 13.5. The van der Waals surface area contributed by atoms with Gasteiger partial charge in [0.1, 0.15) is 0 Å². The van der Waals surface area contributed by atoms with E-state index in [0.29, 0.717) is 11.8 Å². The fourth-order valence-corrected chi connectivity index (χ4v) is 3.17. The molecule has 1 rings (SSSR count). The Morgan fingerprint density at radius 1 is 1.06 bits per heavy atom. The maximum absolute atomic E-state index is 10.9. The van der Waals surface area contributed by atoms with E-state index in [4.69, 9.17) is 0 Å². The summed E-state index contributed by atoms with van der Waals surface area (Å²) in [6.07, 6.45) is 2.43. The van der Waals surface area contributed by atoms with Gasteiger partial charge in [-0.1, -0.05) is 61.8 Å². The summed E-state index contributed by atoms with van der Waals surface area (Å²) in [6.45, 7) is 8.69. The van der Waals surface area contributed by atoms with Crippen molar-refractivity contribution >= 4 is 15.9 Å². The van der Waals surface area contributed by atoms with Crippen molar-refractivity contribution in [3.63, 3.8) is 0 Å². The summed E-state index contributed by atoms with van der Waals surface area (Å²) in [5.41, 5.74) is 0.605. The quantitative estimate of drug-likeness (QED) is 0.798. The van der Waals surface area contributed by atoms with E-state index in [2.05, 4.69) is 49.7 Å². The molecule has 0 radical (unpaired) electrons. The Balaban J connectivity index is 2.87. The van der Waals surface area contributed by atoms with Crippen molar-refractivity contribution in [2.45, 2.75) is 52.6 Å². The number of benzene rings is 1. The van der Waals surface area contributed by atoms with E-state index in [1.54, 1.807) is 0 Å². The minimum absolute atomic E-state index is 0.510. The molecule has 0 amide bonds. The first-order valence-corrected chi connectivity index (χ1v) is 7.57. The molecule has 0 saturated heterocycles. The molecule has 0 unspecified atom stereocenters. The molecule has 1 aromatic rings. The van der Waals surface area contributed by atoms with Crippen LogP contribution in [0.1, 0.15) is 46.1 Å². The predicted molar refractivity (Wildman–Crippen MR) is 81.7 cm³/mol. The standard InChI is InChI=1S/C16H25BrO/c1-12(2)9-16(18,10-13(3)4)11-14-7-5-6-8-15(14)17/h5-8,12-13,18H,9-11H2,1-4H3. The number of aliphatic hydroxyl groups is 1. The number of rotatable bonds is 6.